The van der Waals surface area contributed by atoms with Crippen LogP contribution in [-0.4, -0.2) is 52.5 Å². The number of fused-ring (bicyclic) bond motifs is 1. The molecule has 1 aliphatic heterocycles. The van der Waals surface area contributed by atoms with Gasteiger partial charge in [0.05, 0.1) is 24.3 Å². The minimum Gasteiger partial charge on any atom is -0.462 e. The van der Waals surface area contributed by atoms with Gasteiger partial charge in [0.1, 0.15) is 15.5 Å². The lowest BCUT2D eigenvalue weighted by molar-refractivity contribution is 0.0531. The number of aromatic nitrogens is 2. The highest BCUT2D eigenvalue weighted by Gasteiger charge is 2.28. The maximum atomic E-state index is 12.8. The van der Waals surface area contributed by atoms with Gasteiger partial charge in [-0.3, -0.25) is 14.5 Å². The van der Waals surface area contributed by atoms with Crippen molar-refractivity contribution in [3.63, 3.8) is 0 Å². The van der Waals surface area contributed by atoms with Crippen molar-refractivity contribution < 1.29 is 18.7 Å². The fourth-order valence-corrected chi connectivity index (χ4v) is 5.29. The van der Waals surface area contributed by atoms with Crippen LogP contribution < -0.4 is 10.9 Å². The molecule has 1 fully saturated rings. The third-order valence-corrected chi connectivity index (χ3v) is 7.32. The molecule has 3 aromatic rings. The number of H-pyrrole nitrogens is 1. The van der Waals surface area contributed by atoms with Crippen molar-refractivity contribution in [2.75, 3.05) is 19.7 Å². The molecule has 1 atom stereocenters. The van der Waals surface area contributed by atoms with Gasteiger partial charge in [0.2, 0.25) is 0 Å². The molecule has 33 heavy (non-hydrogen) atoms. The maximum absolute atomic E-state index is 12.8. The summed E-state index contributed by atoms with van der Waals surface area (Å²) in [7, 11) is 0. The Morgan fingerprint density at radius 3 is 2.73 bits per heavy atom. The summed E-state index contributed by atoms with van der Waals surface area (Å²) < 4.78 is 10.4. The zero-order valence-electron chi connectivity index (χ0n) is 19.2. The number of amides is 1. The second-order valence-electron chi connectivity index (χ2n) is 8.30. The molecule has 176 valence electrons. The van der Waals surface area contributed by atoms with Crippen molar-refractivity contribution in [1.29, 1.82) is 0 Å². The Hall–Kier alpha value is -2.98. The van der Waals surface area contributed by atoms with E-state index in [4.69, 9.17) is 9.15 Å². The number of ether oxygens (including phenoxy) is 1. The van der Waals surface area contributed by atoms with Crippen molar-refractivity contribution in [2.24, 2.45) is 0 Å². The molecular formula is C23H28N4O5S. The van der Waals surface area contributed by atoms with E-state index in [1.807, 2.05) is 13.8 Å². The standard InChI is InChI=1S/C23H28N4O5S/c1-5-31-23(30)18-13(3)16-20(28)25-19(26-22(16)33-18)14(4)27-9-6-15(7-10-27)24-21(29)17-12(2)8-11-32-17/h8,11,14-15H,5-7,9-10H2,1-4H3,(H,24,29)(H,25,26,28). The summed E-state index contributed by atoms with van der Waals surface area (Å²) in [5, 5.41) is 3.49. The van der Waals surface area contributed by atoms with E-state index in [0.29, 0.717) is 32.2 Å². The van der Waals surface area contributed by atoms with Crippen molar-refractivity contribution in [3.8, 4) is 0 Å². The Labute approximate surface area is 195 Å². The summed E-state index contributed by atoms with van der Waals surface area (Å²) in [4.78, 5) is 48.2. The van der Waals surface area contributed by atoms with Gasteiger partial charge in [0, 0.05) is 24.7 Å². The first kappa shape index (κ1) is 23.2. The molecule has 1 saturated heterocycles. The summed E-state index contributed by atoms with van der Waals surface area (Å²) in [5.74, 6) is 0.305. The molecule has 4 heterocycles. The van der Waals surface area contributed by atoms with Crippen molar-refractivity contribution >= 4 is 33.4 Å². The first-order chi connectivity index (χ1) is 15.8. The van der Waals surface area contributed by atoms with E-state index in [0.717, 1.165) is 31.5 Å². The number of nitrogens with zero attached hydrogens (tertiary/aromatic N) is 2. The number of carbonyl (C=O) groups excluding carboxylic acids is 2. The summed E-state index contributed by atoms with van der Waals surface area (Å²) in [6.45, 7) is 9.12. The third-order valence-electron chi connectivity index (χ3n) is 6.16. The van der Waals surface area contributed by atoms with E-state index >= 15 is 0 Å². The molecule has 9 nitrogen and oxygen atoms in total. The van der Waals surface area contributed by atoms with Gasteiger partial charge >= 0.3 is 5.97 Å². The first-order valence-electron chi connectivity index (χ1n) is 11.1. The SMILES string of the molecule is CCOC(=O)c1sc2nc(C(C)N3CCC(NC(=O)c4occc4C)CC3)[nH]c(=O)c2c1C. The second-order valence-corrected chi connectivity index (χ2v) is 9.30. The summed E-state index contributed by atoms with van der Waals surface area (Å²) >= 11 is 1.19. The Morgan fingerprint density at radius 2 is 2.09 bits per heavy atom. The number of piperidine rings is 1. The smallest absolute Gasteiger partial charge is 0.348 e. The number of rotatable bonds is 6. The quantitative estimate of drug-likeness (QED) is 0.529. The molecule has 4 rings (SSSR count). The molecule has 10 heteroatoms. The molecule has 0 bridgehead atoms. The summed E-state index contributed by atoms with van der Waals surface area (Å²) in [6, 6.07) is 1.72. The number of nitrogens with one attached hydrogen (secondary N) is 2. The Balaban J connectivity index is 1.45. The molecule has 1 amide bonds. The number of hydrogen-bond acceptors (Lipinski definition) is 8. The number of likely N-dealkylation sites (tertiary alicyclic amines) is 1. The summed E-state index contributed by atoms with van der Waals surface area (Å²) in [5.41, 5.74) is 1.17. The Morgan fingerprint density at radius 1 is 1.36 bits per heavy atom. The average Bonchev–Trinajstić information content (AvgIpc) is 3.37. The van der Waals surface area contributed by atoms with Gasteiger partial charge in [-0.25, -0.2) is 9.78 Å². The zero-order chi connectivity index (χ0) is 23.7. The minimum atomic E-state index is -0.430. The first-order valence-corrected chi connectivity index (χ1v) is 11.9. The molecule has 1 unspecified atom stereocenters. The van der Waals surface area contributed by atoms with E-state index in [2.05, 4.69) is 20.2 Å². The molecule has 0 aromatic carbocycles. The van der Waals surface area contributed by atoms with Gasteiger partial charge in [-0.1, -0.05) is 0 Å². The Bertz CT molecular complexity index is 1240. The highest BCUT2D eigenvalue weighted by atomic mass is 32.1. The van der Waals surface area contributed by atoms with Crippen LogP contribution >= 0.6 is 11.3 Å². The average molecular weight is 473 g/mol. The Kier molecular flexibility index (Phi) is 6.66. The van der Waals surface area contributed by atoms with Gasteiger partial charge in [0.15, 0.2) is 5.76 Å². The predicted molar refractivity (Wildman–Crippen MR) is 125 cm³/mol. The van der Waals surface area contributed by atoms with Gasteiger partial charge in [-0.2, -0.15) is 0 Å². The van der Waals surface area contributed by atoms with Crippen LogP contribution in [-0.2, 0) is 4.74 Å². The van der Waals surface area contributed by atoms with E-state index in [1.54, 1.807) is 19.9 Å². The van der Waals surface area contributed by atoms with Gasteiger partial charge in [0.25, 0.3) is 11.5 Å². The number of thiophene rings is 1. The molecular weight excluding hydrogens is 444 g/mol. The molecule has 0 saturated carbocycles. The maximum Gasteiger partial charge on any atom is 0.348 e. The third kappa shape index (κ3) is 4.58. The van der Waals surface area contributed by atoms with Crippen LogP contribution in [0.1, 0.15) is 69.9 Å². The molecule has 2 N–H and O–H groups in total. The van der Waals surface area contributed by atoms with Crippen molar-refractivity contribution in [1.82, 2.24) is 20.2 Å². The van der Waals surface area contributed by atoms with Crippen LogP contribution in [0.15, 0.2) is 21.5 Å². The van der Waals surface area contributed by atoms with Gasteiger partial charge < -0.3 is 19.5 Å². The number of furan rings is 1. The van der Waals surface area contributed by atoms with Gasteiger partial charge in [-0.15, -0.1) is 11.3 Å². The van der Waals surface area contributed by atoms with Crippen LogP contribution in [0.2, 0.25) is 0 Å². The van der Waals surface area contributed by atoms with Crippen LogP contribution in [0.25, 0.3) is 10.2 Å². The minimum absolute atomic E-state index is 0.0621. The highest BCUT2D eigenvalue weighted by molar-refractivity contribution is 7.20. The number of aromatic amines is 1. The van der Waals surface area contributed by atoms with E-state index in [9.17, 15) is 14.4 Å². The van der Waals surface area contributed by atoms with Crippen LogP contribution in [0.5, 0.6) is 0 Å². The number of hydrogen-bond donors (Lipinski definition) is 2. The highest BCUT2D eigenvalue weighted by Crippen LogP contribution is 2.29. The monoisotopic (exact) mass is 472 g/mol. The number of aryl methyl sites for hydroxylation is 2. The lowest BCUT2D eigenvalue weighted by Crippen LogP contribution is -2.45. The van der Waals surface area contributed by atoms with E-state index in [-0.39, 0.29) is 30.2 Å². The normalized spacial score (nSPS) is 16.1. The van der Waals surface area contributed by atoms with Crippen molar-refractivity contribution in [3.05, 3.63) is 50.3 Å². The van der Waals surface area contributed by atoms with Crippen LogP contribution in [0, 0.1) is 13.8 Å². The predicted octanol–water partition coefficient (Wildman–Crippen LogP) is 3.33. The molecule has 0 spiro atoms. The molecule has 3 aromatic heterocycles. The van der Waals surface area contributed by atoms with E-state index < -0.39 is 5.97 Å². The fraction of sp³-hybridized carbons (Fsp3) is 0.478. The zero-order valence-corrected chi connectivity index (χ0v) is 20.0. The number of carbonyl (C=O) groups is 2. The van der Waals surface area contributed by atoms with Crippen molar-refractivity contribution in [2.45, 2.75) is 52.6 Å². The topological polar surface area (TPSA) is 118 Å². The van der Waals surface area contributed by atoms with Gasteiger partial charge in [-0.05, 0) is 52.2 Å². The molecule has 0 radical (unpaired) electrons. The lowest BCUT2D eigenvalue weighted by atomic mass is 10.0. The van der Waals surface area contributed by atoms with Crippen LogP contribution in [0.4, 0.5) is 0 Å². The van der Waals surface area contributed by atoms with Crippen LogP contribution in [0.3, 0.4) is 0 Å². The molecule has 0 aliphatic carbocycles. The lowest BCUT2D eigenvalue weighted by Gasteiger charge is -2.35. The summed E-state index contributed by atoms with van der Waals surface area (Å²) in [6.07, 6.45) is 3.09. The second kappa shape index (κ2) is 9.48. The molecule has 1 aliphatic rings. The fourth-order valence-electron chi connectivity index (χ4n) is 4.21. The largest absolute Gasteiger partial charge is 0.462 e. The number of esters is 1. The van der Waals surface area contributed by atoms with E-state index in [1.165, 1.54) is 17.6 Å².